The van der Waals surface area contributed by atoms with Gasteiger partial charge < -0.3 is 15.4 Å². The summed E-state index contributed by atoms with van der Waals surface area (Å²) < 4.78 is 6.03. The zero-order chi connectivity index (χ0) is 18.9. The predicted molar refractivity (Wildman–Crippen MR) is 107 cm³/mol. The van der Waals surface area contributed by atoms with Crippen molar-refractivity contribution < 1.29 is 9.53 Å². The van der Waals surface area contributed by atoms with Crippen molar-refractivity contribution in [2.24, 2.45) is 0 Å². The van der Waals surface area contributed by atoms with Crippen LogP contribution in [0.3, 0.4) is 0 Å². The second-order valence-electron chi connectivity index (χ2n) is 7.86. The lowest BCUT2D eigenvalue weighted by Gasteiger charge is -2.40. The van der Waals surface area contributed by atoms with E-state index in [0.717, 1.165) is 31.5 Å². The van der Waals surface area contributed by atoms with E-state index in [2.05, 4.69) is 54.0 Å². The number of benzene rings is 2. The summed E-state index contributed by atoms with van der Waals surface area (Å²) in [6.07, 6.45) is 2.43. The van der Waals surface area contributed by atoms with Gasteiger partial charge in [0.2, 0.25) is 5.91 Å². The minimum absolute atomic E-state index is 0.0160. The summed E-state index contributed by atoms with van der Waals surface area (Å²) in [5.41, 5.74) is 4.76. The number of ether oxygens (including phenoxy) is 1. The normalized spacial score (nSPS) is 23.2. The number of aryl methyl sites for hydroxylation is 1. The van der Waals surface area contributed by atoms with Gasteiger partial charge in [-0.2, -0.15) is 0 Å². The van der Waals surface area contributed by atoms with E-state index in [9.17, 15) is 4.79 Å². The first-order valence-corrected chi connectivity index (χ1v) is 9.82. The lowest BCUT2D eigenvalue weighted by molar-refractivity contribution is -0.122. The van der Waals surface area contributed by atoms with E-state index in [4.69, 9.17) is 4.74 Å². The zero-order valence-corrected chi connectivity index (χ0v) is 16.1. The number of amides is 1. The molecule has 1 saturated heterocycles. The number of hydrogen-bond acceptors (Lipinski definition) is 3. The molecule has 4 nitrogen and oxygen atoms in total. The number of piperidine rings is 1. The van der Waals surface area contributed by atoms with Crippen molar-refractivity contribution in [3.05, 3.63) is 70.8 Å². The number of nitrogens with one attached hydrogen (secondary N) is 2. The van der Waals surface area contributed by atoms with Crippen molar-refractivity contribution in [2.45, 2.75) is 43.7 Å². The molecule has 1 fully saturated rings. The molecule has 1 heterocycles. The van der Waals surface area contributed by atoms with E-state index in [0.29, 0.717) is 6.42 Å². The number of hydrogen-bond donors (Lipinski definition) is 2. The van der Waals surface area contributed by atoms with Gasteiger partial charge in [-0.25, -0.2) is 0 Å². The van der Waals surface area contributed by atoms with Gasteiger partial charge in [0.1, 0.15) is 0 Å². The highest BCUT2D eigenvalue weighted by Crippen LogP contribution is 2.51. The second-order valence-corrected chi connectivity index (χ2v) is 7.86. The van der Waals surface area contributed by atoms with E-state index in [1.165, 1.54) is 16.7 Å². The zero-order valence-electron chi connectivity index (χ0n) is 16.1. The van der Waals surface area contributed by atoms with Gasteiger partial charge in [-0.1, -0.05) is 54.1 Å². The average Bonchev–Trinajstić information content (AvgIpc) is 2.91. The molecule has 2 atom stereocenters. The maximum absolute atomic E-state index is 12.8. The fourth-order valence-electron chi connectivity index (χ4n) is 5.03. The first-order valence-electron chi connectivity index (χ1n) is 9.82. The van der Waals surface area contributed by atoms with Crippen LogP contribution in [-0.2, 0) is 21.4 Å². The van der Waals surface area contributed by atoms with Crippen LogP contribution < -0.4 is 10.6 Å². The molecule has 1 aliphatic carbocycles. The Morgan fingerprint density at radius 3 is 2.70 bits per heavy atom. The third-order valence-electron chi connectivity index (χ3n) is 6.19. The molecule has 2 aromatic rings. The van der Waals surface area contributed by atoms with Crippen molar-refractivity contribution in [1.82, 2.24) is 10.6 Å². The Balaban J connectivity index is 1.60. The van der Waals surface area contributed by atoms with E-state index < -0.39 is 0 Å². The summed E-state index contributed by atoms with van der Waals surface area (Å²) >= 11 is 0. The highest BCUT2D eigenvalue weighted by molar-refractivity contribution is 5.79. The van der Waals surface area contributed by atoms with E-state index in [1.54, 1.807) is 7.11 Å². The lowest BCUT2D eigenvalue weighted by atomic mass is 9.72. The molecule has 2 N–H and O–H groups in total. The molecule has 4 rings (SSSR count). The van der Waals surface area contributed by atoms with Gasteiger partial charge in [-0.3, -0.25) is 4.79 Å². The van der Waals surface area contributed by atoms with Crippen LogP contribution in [0.5, 0.6) is 0 Å². The predicted octanol–water partition coefficient (Wildman–Crippen LogP) is 3.04. The number of carbonyl (C=O) groups excluding carboxylic acids is 1. The molecule has 1 spiro atoms. The van der Waals surface area contributed by atoms with Crippen LogP contribution in [0.4, 0.5) is 0 Å². The Bertz CT molecular complexity index is 827. The SMILES string of the molecule is CO[C@@H]1[C@@H](NC(=O)Cc2cccc(C)c2)c2ccccc2C12CCNCC2. The van der Waals surface area contributed by atoms with Gasteiger partial charge in [-0.05, 0) is 49.5 Å². The first-order chi connectivity index (χ1) is 13.1. The van der Waals surface area contributed by atoms with Crippen molar-refractivity contribution in [1.29, 1.82) is 0 Å². The molecule has 0 saturated carbocycles. The number of rotatable bonds is 4. The molecule has 1 amide bonds. The Morgan fingerprint density at radius 1 is 1.19 bits per heavy atom. The Kier molecular flexibility index (Phi) is 5.02. The fourth-order valence-corrected chi connectivity index (χ4v) is 5.03. The summed E-state index contributed by atoms with van der Waals surface area (Å²) in [6.45, 7) is 4.02. The van der Waals surface area contributed by atoms with Crippen LogP contribution in [0.15, 0.2) is 48.5 Å². The van der Waals surface area contributed by atoms with Crippen molar-refractivity contribution in [3.63, 3.8) is 0 Å². The largest absolute Gasteiger partial charge is 0.378 e. The minimum Gasteiger partial charge on any atom is -0.378 e. The van der Waals surface area contributed by atoms with Crippen LogP contribution in [0.1, 0.15) is 41.1 Å². The Labute approximate surface area is 161 Å². The van der Waals surface area contributed by atoms with Gasteiger partial charge >= 0.3 is 0 Å². The molecule has 142 valence electrons. The maximum atomic E-state index is 12.8. The maximum Gasteiger partial charge on any atom is 0.224 e. The topological polar surface area (TPSA) is 50.4 Å². The molecular formula is C23H28N2O2. The fraction of sp³-hybridized carbons (Fsp3) is 0.435. The lowest BCUT2D eigenvalue weighted by Crippen LogP contribution is -2.49. The van der Waals surface area contributed by atoms with Gasteiger partial charge in [0, 0.05) is 12.5 Å². The molecule has 2 aliphatic rings. The quantitative estimate of drug-likeness (QED) is 0.877. The molecule has 0 bridgehead atoms. The van der Waals surface area contributed by atoms with Crippen LogP contribution in [-0.4, -0.2) is 32.2 Å². The Morgan fingerprint density at radius 2 is 1.96 bits per heavy atom. The number of fused-ring (bicyclic) bond motifs is 2. The van der Waals surface area contributed by atoms with Gasteiger partial charge in [-0.15, -0.1) is 0 Å². The Hall–Kier alpha value is -2.17. The molecule has 2 aromatic carbocycles. The summed E-state index contributed by atoms with van der Waals surface area (Å²) in [5, 5.41) is 6.75. The average molecular weight is 364 g/mol. The van der Waals surface area contributed by atoms with Crippen LogP contribution in [0, 0.1) is 6.92 Å². The van der Waals surface area contributed by atoms with E-state index >= 15 is 0 Å². The highest BCUT2D eigenvalue weighted by atomic mass is 16.5. The van der Waals surface area contributed by atoms with Crippen molar-refractivity contribution in [3.8, 4) is 0 Å². The monoisotopic (exact) mass is 364 g/mol. The molecule has 4 heteroatoms. The molecule has 0 radical (unpaired) electrons. The van der Waals surface area contributed by atoms with Crippen LogP contribution in [0.2, 0.25) is 0 Å². The van der Waals surface area contributed by atoms with Crippen LogP contribution in [0.25, 0.3) is 0 Å². The van der Waals surface area contributed by atoms with E-state index in [1.807, 2.05) is 12.1 Å². The summed E-state index contributed by atoms with van der Waals surface area (Å²) in [5.74, 6) is 0.0495. The van der Waals surface area contributed by atoms with Gasteiger partial charge in [0.15, 0.2) is 0 Å². The summed E-state index contributed by atoms with van der Waals surface area (Å²) in [6, 6.07) is 16.6. The van der Waals surface area contributed by atoms with Gasteiger partial charge in [0.05, 0.1) is 18.6 Å². The first kappa shape index (κ1) is 18.2. The third kappa shape index (κ3) is 3.28. The minimum atomic E-state index is -0.0957. The van der Waals surface area contributed by atoms with Gasteiger partial charge in [0.25, 0.3) is 0 Å². The standard InChI is InChI=1S/C23H28N2O2/c1-16-6-5-7-17(14-16)15-20(26)25-21-18-8-3-4-9-19(18)23(22(21)27-2)10-12-24-13-11-23/h3-9,14,21-22,24H,10-13,15H2,1-2H3,(H,25,26)/t21-,22+/m0/s1. The molecule has 1 aliphatic heterocycles. The smallest absolute Gasteiger partial charge is 0.224 e. The third-order valence-corrected chi connectivity index (χ3v) is 6.19. The number of methoxy groups -OCH3 is 1. The summed E-state index contributed by atoms with van der Waals surface area (Å²) in [4.78, 5) is 12.8. The summed E-state index contributed by atoms with van der Waals surface area (Å²) in [7, 11) is 1.78. The molecule has 0 aromatic heterocycles. The van der Waals surface area contributed by atoms with Crippen molar-refractivity contribution in [2.75, 3.05) is 20.2 Å². The number of carbonyl (C=O) groups is 1. The molecule has 27 heavy (non-hydrogen) atoms. The van der Waals surface area contributed by atoms with E-state index in [-0.39, 0.29) is 23.5 Å². The van der Waals surface area contributed by atoms with Crippen molar-refractivity contribution >= 4 is 5.91 Å². The molecular weight excluding hydrogens is 336 g/mol. The molecule has 0 unspecified atom stereocenters. The second kappa shape index (κ2) is 7.45. The highest BCUT2D eigenvalue weighted by Gasteiger charge is 2.53. The van der Waals surface area contributed by atoms with Crippen LogP contribution >= 0.6 is 0 Å².